The summed E-state index contributed by atoms with van der Waals surface area (Å²) >= 11 is 0. The number of rotatable bonds is 4. The van der Waals surface area contributed by atoms with Gasteiger partial charge in [-0.25, -0.2) is 0 Å². The van der Waals surface area contributed by atoms with Crippen LogP contribution in [0.3, 0.4) is 0 Å². The van der Waals surface area contributed by atoms with E-state index in [0.29, 0.717) is 19.4 Å². The number of aliphatic carboxylic acids is 1. The lowest BCUT2D eigenvalue weighted by Crippen LogP contribution is -2.42. The smallest absolute Gasteiger partial charge is 0.307 e. The number of carbonyl (C=O) groups is 2. The highest BCUT2D eigenvalue weighted by Gasteiger charge is 2.35. The number of carboxylic acid groups (broad SMARTS) is 1. The van der Waals surface area contributed by atoms with Gasteiger partial charge in [-0.3, -0.25) is 9.59 Å². The van der Waals surface area contributed by atoms with E-state index in [0.717, 1.165) is 32.3 Å². The molecule has 0 aromatic carbocycles. The van der Waals surface area contributed by atoms with Gasteiger partial charge < -0.3 is 15.2 Å². The van der Waals surface area contributed by atoms with E-state index in [9.17, 15) is 9.59 Å². The predicted octanol–water partition coefficient (Wildman–Crippen LogP) is 1.17. The molecule has 2 rings (SSSR count). The Morgan fingerprint density at radius 2 is 1.83 bits per heavy atom. The summed E-state index contributed by atoms with van der Waals surface area (Å²) in [7, 11) is 0. The van der Waals surface area contributed by atoms with Crippen LogP contribution in [0.4, 0.5) is 0 Å². The van der Waals surface area contributed by atoms with Crippen molar-refractivity contribution < 1.29 is 19.4 Å². The van der Waals surface area contributed by atoms with Gasteiger partial charge in [-0.15, -0.1) is 0 Å². The molecule has 18 heavy (non-hydrogen) atoms. The molecule has 5 heteroatoms. The number of nitrogens with one attached hydrogen (secondary N) is 1. The van der Waals surface area contributed by atoms with Crippen LogP contribution in [0.1, 0.15) is 38.5 Å². The highest BCUT2D eigenvalue weighted by Crippen LogP contribution is 2.30. The zero-order valence-electron chi connectivity index (χ0n) is 10.6. The van der Waals surface area contributed by atoms with Gasteiger partial charge in [0.05, 0.1) is 17.9 Å². The predicted molar refractivity (Wildman–Crippen MR) is 65.1 cm³/mol. The fraction of sp³-hybridized carbons (Fsp3) is 0.846. The minimum Gasteiger partial charge on any atom is -0.481 e. The SMILES string of the molecule is O=C(NCC1CCCO1)[C@H]1CCCC[C@H]1C(=O)O. The summed E-state index contributed by atoms with van der Waals surface area (Å²) in [5.41, 5.74) is 0. The lowest BCUT2D eigenvalue weighted by Gasteiger charge is -2.27. The monoisotopic (exact) mass is 255 g/mol. The average Bonchev–Trinajstić information content (AvgIpc) is 2.89. The summed E-state index contributed by atoms with van der Waals surface area (Å²) in [6.07, 6.45) is 5.30. The molecule has 0 bridgehead atoms. The van der Waals surface area contributed by atoms with Crippen molar-refractivity contribution in [3.63, 3.8) is 0 Å². The molecule has 1 saturated heterocycles. The summed E-state index contributed by atoms with van der Waals surface area (Å²) in [5.74, 6) is -1.83. The largest absolute Gasteiger partial charge is 0.481 e. The van der Waals surface area contributed by atoms with Crippen molar-refractivity contribution in [2.24, 2.45) is 11.8 Å². The van der Waals surface area contributed by atoms with Gasteiger partial charge >= 0.3 is 5.97 Å². The van der Waals surface area contributed by atoms with E-state index in [1.807, 2.05) is 0 Å². The van der Waals surface area contributed by atoms with E-state index in [4.69, 9.17) is 9.84 Å². The van der Waals surface area contributed by atoms with Gasteiger partial charge in [-0.2, -0.15) is 0 Å². The van der Waals surface area contributed by atoms with E-state index in [1.54, 1.807) is 0 Å². The van der Waals surface area contributed by atoms with Gasteiger partial charge in [0.2, 0.25) is 5.91 Å². The third kappa shape index (κ3) is 3.22. The first-order valence-electron chi connectivity index (χ1n) is 6.80. The first-order valence-corrected chi connectivity index (χ1v) is 6.80. The molecule has 1 aliphatic carbocycles. The van der Waals surface area contributed by atoms with Gasteiger partial charge in [0, 0.05) is 13.2 Å². The van der Waals surface area contributed by atoms with Crippen molar-refractivity contribution in [3.05, 3.63) is 0 Å². The minimum atomic E-state index is -0.841. The van der Waals surface area contributed by atoms with Crippen LogP contribution < -0.4 is 5.32 Å². The Bertz CT molecular complexity index is 312. The zero-order chi connectivity index (χ0) is 13.0. The number of amides is 1. The molecule has 0 aromatic rings. The Hall–Kier alpha value is -1.10. The van der Waals surface area contributed by atoms with E-state index in [2.05, 4.69) is 5.32 Å². The summed E-state index contributed by atoms with van der Waals surface area (Å²) in [6.45, 7) is 1.28. The summed E-state index contributed by atoms with van der Waals surface area (Å²) in [4.78, 5) is 23.2. The molecule has 2 fully saturated rings. The Morgan fingerprint density at radius 3 is 2.44 bits per heavy atom. The summed E-state index contributed by atoms with van der Waals surface area (Å²) < 4.78 is 5.43. The molecule has 3 atom stereocenters. The van der Waals surface area contributed by atoms with Crippen LogP contribution in [0.25, 0.3) is 0 Å². The molecule has 2 aliphatic rings. The first kappa shape index (κ1) is 13.3. The maximum Gasteiger partial charge on any atom is 0.307 e. The van der Waals surface area contributed by atoms with Crippen LogP contribution in [-0.4, -0.2) is 36.2 Å². The Kier molecular flexibility index (Phi) is 4.58. The number of ether oxygens (including phenoxy) is 1. The summed E-state index contributed by atoms with van der Waals surface area (Å²) in [5, 5.41) is 12.0. The average molecular weight is 255 g/mol. The van der Waals surface area contributed by atoms with Gasteiger partial charge in [-0.05, 0) is 25.7 Å². The topological polar surface area (TPSA) is 75.6 Å². The molecule has 1 amide bonds. The third-order valence-corrected chi connectivity index (χ3v) is 3.95. The Labute approximate surface area is 107 Å². The second-order valence-electron chi connectivity index (χ2n) is 5.22. The fourth-order valence-electron chi connectivity index (χ4n) is 2.89. The van der Waals surface area contributed by atoms with E-state index in [-0.39, 0.29) is 17.9 Å². The van der Waals surface area contributed by atoms with E-state index in [1.165, 1.54) is 0 Å². The van der Waals surface area contributed by atoms with Crippen molar-refractivity contribution in [2.45, 2.75) is 44.6 Å². The molecular formula is C13H21NO4. The van der Waals surface area contributed by atoms with Crippen molar-refractivity contribution in [2.75, 3.05) is 13.2 Å². The molecule has 5 nitrogen and oxygen atoms in total. The highest BCUT2D eigenvalue weighted by atomic mass is 16.5. The lowest BCUT2D eigenvalue weighted by molar-refractivity contribution is -0.149. The third-order valence-electron chi connectivity index (χ3n) is 3.95. The van der Waals surface area contributed by atoms with Crippen molar-refractivity contribution in [3.8, 4) is 0 Å². The fourth-order valence-corrected chi connectivity index (χ4v) is 2.89. The van der Waals surface area contributed by atoms with Crippen LogP contribution in [0.15, 0.2) is 0 Å². The molecule has 0 spiro atoms. The molecule has 0 aromatic heterocycles. The Balaban J connectivity index is 1.83. The molecule has 102 valence electrons. The zero-order valence-corrected chi connectivity index (χ0v) is 10.6. The molecule has 2 N–H and O–H groups in total. The molecule has 1 heterocycles. The van der Waals surface area contributed by atoms with Crippen molar-refractivity contribution in [1.82, 2.24) is 5.32 Å². The van der Waals surface area contributed by atoms with Crippen molar-refractivity contribution in [1.29, 1.82) is 0 Å². The highest BCUT2D eigenvalue weighted by molar-refractivity contribution is 5.84. The number of carboxylic acids is 1. The number of hydrogen-bond acceptors (Lipinski definition) is 3. The van der Waals surface area contributed by atoms with E-state index < -0.39 is 11.9 Å². The molecule has 1 aliphatic heterocycles. The van der Waals surface area contributed by atoms with Crippen LogP contribution in [0, 0.1) is 11.8 Å². The molecule has 0 radical (unpaired) electrons. The number of carbonyl (C=O) groups excluding carboxylic acids is 1. The lowest BCUT2D eigenvalue weighted by atomic mass is 9.78. The van der Waals surface area contributed by atoms with Gasteiger partial charge in [-0.1, -0.05) is 12.8 Å². The van der Waals surface area contributed by atoms with Crippen LogP contribution in [0.2, 0.25) is 0 Å². The first-order chi connectivity index (χ1) is 8.68. The normalized spacial score (nSPS) is 32.1. The quantitative estimate of drug-likeness (QED) is 0.790. The molecule has 1 unspecified atom stereocenters. The second kappa shape index (κ2) is 6.18. The van der Waals surface area contributed by atoms with E-state index >= 15 is 0 Å². The standard InChI is InChI=1S/C13H21NO4/c15-12(14-8-9-4-3-7-18-9)10-5-1-2-6-11(10)13(16)17/h9-11H,1-8H2,(H,14,15)(H,16,17)/t9?,10-,11+/m0/s1. The maximum atomic E-state index is 12.0. The Morgan fingerprint density at radius 1 is 1.11 bits per heavy atom. The van der Waals surface area contributed by atoms with Gasteiger partial charge in [0.15, 0.2) is 0 Å². The maximum absolute atomic E-state index is 12.0. The van der Waals surface area contributed by atoms with Crippen LogP contribution in [-0.2, 0) is 14.3 Å². The molecule has 1 saturated carbocycles. The number of hydrogen-bond donors (Lipinski definition) is 2. The van der Waals surface area contributed by atoms with Crippen LogP contribution >= 0.6 is 0 Å². The summed E-state index contributed by atoms with van der Waals surface area (Å²) in [6, 6.07) is 0. The van der Waals surface area contributed by atoms with Gasteiger partial charge in [0.25, 0.3) is 0 Å². The minimum absolute atomic E-state index is 0.112. The van der Waals surface area contributed by atoms with Gasteiger partial charge in [0.1, 0.15) is 0 Å². The molecular weight excluding hydrogens is 234 g/mol. The van der Waals surface area contributed by atoms with Crippen LogP contribution in [0.5, 0.6) is 0 Å². The van der Waals surface area contributed by atoms with Crippen molar-refractivity contribution >= 4 is 11.9 Å². The second-order valence-corrected chi connectivity index (χ2v) is 5.22.